The molecule has 5 atom stereocenters. The third-order valence-corrected chi connectivity index (χ3v) is 11.5. The average Bonchev–Trinajstić information content (AvgIpc) is 2.92. The van der Waals surface area contributed by atoms with Crippen molar-refractivity contribution in [3.8, 4) is 5.75 Å². The van der Waals surface area contributed by atoms with Gasteiger partial charge < -0.3 is 14.7 Å². The van der Waals surface area contributed by atoms with Crippen LogP contribution >= 0.6 is 11.6 Å². The van der Waals surface area contributed by atoms with E-state index in [9.17, 15) is 18.3 Å². The molecule has 222 valence electrons. The molecule has 1 fully saturated rings. The summed E-state index contributed by atoms with van der Waals surface area (Å²) in [6.45, 7) is 7.14. The van der Waals surface area contributed by atoms with Crippen molar-refractivity contribution in [2.24, 2.45) is 17.8 Å². The van der Waals surface area contributed by atoms with Crippen LogP contribution in [0.2, 0.25) is 5.02 Å². The number of ether oxygens (including phenoxy) is 1. The summed E-state index contributed by atoms with van der Waals surface area (Å²) >= 11 is 6.30. The van der Waals surface area contributed by atoms with Gasteiger partial charge in [0.1, 0.15) is 12.4 Å². The number of nitrogens with zero attached hydrogens (tertiary/aromatic N) is 1. The van der Waals surface area contributed by atoms with Crippen molar-refractivity contribution in [2.45, 2.75) is 76.8 Å². The van der Waals surface area contributed by atoms with Crippen LogP contribution in [0.4, 0.5) is 5.69 Å². The molecule has 0 saturated heterocycles. The summed E-state index contributed by atoms with van der Waals surface area (Å²) in [5.41, 5.74) is 2.28. The van der Waals surface area contributed by atoms with Crippen molar-refractivity contribution in [1.82, 2.24) is 4.72 Å². The standard InChI is InChI=1S/C32H41ClN2O5S/c1-21-7-6-15-32(3,37)28-13-10-25(28)19-35-16-5-4-8-23-17-27(33)12-9-26(23)20-40-30-14-11-24(18-29(30)35)31(36)34-41(38,39)22(21)2/h6,9,11-12,14-15,17-18,21-22,25,28,37H,4-5,7-8,10,13,16,19-20H2,1-3H3,(H,34,36)/b15-6+/t21-,22+,25-,28+,32-/m0/s1. The molecule has 5 rings (SSSR count). The monoisotopic (exact) mass is 600 g/mol. The fraction of sp³-hybridized carbons (Fsp3) is 0.531. The predicted molar refractivity (Wildman–Crippen MR) is 163 cm³/mol. The molecular weight excluding hydrogens is 560 g/mol. The SMILES string of the molecule is C[C@@H]1[C@@H](C)C/C=C/[C@](C)(O)[C@@H]2CC[C@H]2CN2CCCCc3cc(Cl)ccc3COc3ccc(cc32)C(=O)NS1(=O)=O. The Morgan fingerprint density at radius 2 is 1.90 bits per heavy atom. The Labute approximate surface area is 249 Å². The summed E-state index contributed by atoms with van der Waals surface area (Å²) in [5, 5.41) is 11.4. The number of carbonyl (C=O) groups excluding carboxylic acids is 1. The number of rotatable bonds is 0. The summed E-state index contributed by atoms with van der Waals surface area (Å²) in [5.74, 6) is 0.104. The van der Waals surface area contributed by atoms with Crippen LogP contribution in [0.1, 0.15) is 74.4 Å². The molecule has 0 spiro atoms. The van der Waals surface area contributed by atoms with E-state index in [1.807, 2.05) is 44.2 Å². The molecule has 1 amide bonds. The number of aryl methyl sites for hydroxylation is 1. The minimum Gasteiger partial charge on any atom is -0.487 e. The Hall–Kier alpha value is -2.55. The molecule has 3 aliphatic rings. The van der Waals surface area contributed by atoms with E-state index in [0.717, 1.165) is 49.9 Å². The van der Waals surface area contributed by atoms with Gasteiger partial charge in [-0.15, -0.1) is 0 Å². The van der Waals surface area contributed by atoms with Gasteiger partial charge in [0, 0.05) is 23.7 Å². The molecule has 2 aromatic carbocycles. The van der Waals surface area contributed by atoms with Crippen LogP contribution in [0.5, 0.6) is 5.75 Å². The fourth-order valence-corrected chi connectivity index (χ4v) is 7.82. The number of fused-ring (bicyclic) bond motifs is 3. The van der Waals surface area contributed by atoms with Gasteiger partial charge in [-0.25, -0.2) is 13.1 Å². The maximum absolute atomic E-state index is 13.3. The van der Waals surface area contributed by atoms with Gasteiger partial charge in [0.15, 0.2) is 0 Å². The molecule has 9 heteroatoms. The lowest BCUT2D eigenvalue weighted by molar-refractivity contribution is -0.0312. The zero-order chi connectivity index (χ0) is 29.4. The number of anilines is 1. The minimum atomic E-state index is -3.92. The molecule has 41 heavy (non-hydrogen) atoms. The number of sulfonamides is 1. The molecular formula is C32H41ClN2O5S. The predicted octanol–water partition coefficient (Wildman–Crippen LogP) is 5.88. The lowest BCUT2D eigenvalue weighted by Crippen LogP contribution is -2.48. The van der Waals surface area contributed by atoms with Crippen molar-refractivity contribution >= 4 is 33.2 Å². The zero-order valence-electron chi connectivity index (χ0n) is 24.1. The number of hydrogen-bond acceptors (Lipinski definition) is 6. The highest BCUT2D eigenvalue weighted by molar-refractivity contribution is 7.90. The van der Waals surface area contributed by atoms with Gasteiger partial charge in [0.25, 0.3) is 5.91 Å². The van der Waals surface area contributed by atoms with Crippen LogP contribution in [0.15, 0.2) is 48.6 Å². The zero-order valence-corrected chi connectivity index (χ0v) is 25.7. The van der Waals surface area contributed by atoms with E-state index in [1.165, 1.54) is 5.56 Å². The second-order valence-corrected chi connectivity index (χ2v) is 14.7. The second kappa shape index (κ2) is 12.0. The molecule has 2 bridgehead atoms. The molecule has 2 heterocycles. The highest BCUT2D eigenvalue weighted by atomic mass is 35.5. The van der Waals surface area contributed by atoms with E-state index in [4.69, 9.17) is 16.3 Å². The fourth-order valence-electron chi connectivity index (χ4n) is 6.34. The first-order valence-electron chi connectivity index (χ1n) is 14.7. The second-order valence-electron chi connectivity index (χ2n) is 12.3. The number of nitrogens with one attached hydrogen (secondary N) is 1. The third kappa shape index (κ3) is 6.60. The Kier molecular flexibility index (Phi) is 8.74. The van der Waals surface area contributed by atoms with Gasteiger partial charge >= 0.3 is 0 Å². The van der Waals surface area contributed by atoms with Crippen LogP contribution in [0.3, 0.4) is 0 Å². The first kappa shape index (κ1) is 29.9. The maximum atomic E-state index is 13.3. The maximum Gasteiger partial charge on any atom is 0.264 e. The highest BCUT2D eigenvalue weighted by Gasteiger charge is 2.43. The van der Waals surface area contributed by atoms with Crippen LogP contribution in [0.25, 0.3) is 0 Å². The summed E-state index contributed by atoms with van der Waals surface area (Å²) in [6, 6.07) is 11.0. The van der Waals surface area contributed by atoms with Crippen LogP contribution in [-0.4, -0.2) is 43.4 Å². The average molecular weight is 601 g/mol. The molecule has 7 nitrogen and oxygen atoms in total. The molecule has 2 aliphatic heterocycles. The Bertz CT molecular complexity index is 1420. The molecule has 0 unspecified atom stereocenters. The first-order chi connectivity index (χ1) is 19.4. The molecule has 2 N–H and O–H groups in total. The molecule has 1 saturated carbocycles. The first-order valence-corrected chi connectivity index (χ1v) is 16.6. The van der Waals surface area contributed by atoms with E-state index in [2.05, 4.69) is 9.62 Å². The largest absolute Gasteiger partial charge is 0.487 e. The normalized spacial score (nSPS) is 31.2. The Balaban J connectivity index is 1.56. The number of hydrogen-bond donors (Lipinski definition) is 2. The van der Waals surface area contributed by atoms with Crippen molar-refractivity contribution < 1.29 is 23.1 Å². The van der Waals surface area contributed by atoms with Crippen molar-refractivity contribution in [2.75, 3.05) is 18.0 Å². The van der Waals surface area contributed by atoms with E-state index in [1.54, 1.807) is 25.1 Å². The van der Waals surface area contributed by atoms with Crippen molar-refractivity contribution in [3.63, 3.8) is 0 Å². The van der Waals surface area contributed by atoms with E-state index in [0.29, 0.717) is 30.3 Å². The summed E-state index contributed by atoms with van der Waals surface area (Å²) < 4.78 is 35.0. The molecule has 1 aliphatic carbocycles. The number of benzene rings is 2. The summed E-state index contributed by atoms with van der Waals surface area (Å²) in [6.07, 6.45) is 8.92. The minimum absolute atomic E-state index is 0.0866. The van der Waals surface area contributed by atoms with Gasteiger partial charge in [0.2, 0.25) is 10.0 Å². The molecule has 0 radical (unpaired) electrons. The summed E-state index contributed by atoms with van der Waals surface area (Å²) in [4.78, 5) is 15.6. The van der Waals surface area contributed by atoms with Crippen molar-refractivity contribution in [1.29, 1.82) is 0 Å². The van der Waals surface area contributed by atoms with E-state index >= 15 is 0 Å². The lowest BCUT2D eigenvalue weighted by atomic mass is 9.65. The number of amides is 1. The molecule has 2 aromatic rings. The van der Waals surface area contributed by atoms with Gasteiger partial charge in [-0.05, 0) is 112 Å². The Morgan fingerprint density at radius 3 is 2.66 bits per heavy atom. The Morgan fingerprint density at radius 1 is 1.10 bits per heavy atom. The van der Waals surface area contributed by atoms with Crippen LogP contribution in [0, 0.1) is 17.8 Å². The smallest absolute Gasteiger partial charge is 0.264 e. The number of halogens is 1. The number of aliphatic hydroxyl groups is 1. The summed E-state index contributed by atoms with van der Waals surface area (Å²) in [7, 11) is -3.92. The quantitative estimate of drug-likeness (QED) is 0.367. The van der Waals surface area contributed by atoms with Crippen molar-refractivity contribution in [3.05, 3.63) is 70.3 Å². The van der Waals surface area contributed by atoms with E-state index < -0.39 is 26.8 Å². The number of carbonyl (C=O) groups is 1. The van der Waals surface area contributed by atoms with Crippen LogP contribution in [-0.2, 0) is 23.1 Å². The van der Waals surface area contributed by atoms with Gasteiger partial charge in [-0.3, -0.25) is 4.79 Å². The van der Waals surface area contributed by atoms with Gasteiger partial charge in [-0.1, -0.05) is 36.7 Å². The lowest BCUT2D eigenvalue weighted by Gasteiger charge is -2.47. The van der Waals surface area contributed by atoms with E-state index in [-0.39, 0.29) is 23.3 Å². The number of allylic oxidation sites excluding steroid dienone is 1. The topological polar surface area (TPSA) is 95.9 Å². The van der Waals surface area contributed by atoms with Gasteiger partial charge in [0.05, 0.1) is 16.5 Å². The highest BCUT2D eigenvalue weighted by Crippen LogP contribution is 2.44. The van der Waals surface area contributed by atoms with Crippen LogP contribution < -0.4 is 14.4 Å². The van der Waals surface area contributed by atoms with Gasteiger partial charge in [-0.2, -0.15) is 0 Å². The molecule has 0 aromatic heterocycles. The third-order valence-electron chi connectivity index (χ3n) is 9.35.